The SMILES string of the molecule is CC1CCC(CNc2ccc(N)cc2S(N)(=O)=O)C1. The van der Waals surface area contributed by atoms with E-state index in [4.69, 9.17) is 10.9 Å². The fourth-order valence-corrected chi connectivity index (χ4v) is 3.43. The molecule has 0 aliphatic heterocycles. The van der Waals surface area contributed by atoms with Gasteiger partial charge in [-0.25, -0.2) is 13.6 Å². The topological polar surface area (TPSA) is 98.2 Å². The van der Waals surface area contributed by atoms with E-state index in [-0.39, 0.29) is 4.90 Å². The van der Waals surface area contributed by atoms with Crippen molar-refractivity contribution in [2.75, 3.05) is 17.6 Å². The highest BCUT2D eigenvalue weighted by Gasteiger charge is 2.22. The Morgan fingerprint density at radius 3 is 2.68 bits per heavy atom. The zero-order valence-electron chi connectivity index (χ0n) is 11.1. The van der Waals surface area contributed by atoms with E-state index in [0.717, 1.165) is 12.5 Å². The van der Waals surface area contributed by atoms with Gasteiger partial charge in [0.05, 0.1) is 5.69 Å². The van der Waals surface area contributed by atoms with E-state index in [2.05, 4.69) is 12.2 Å². The lowest BCUT2D eigenvalue weighted by Crippen LogP contribution is -2.18. The molecule has 6 heteroatoms. The molecule has 0 spiro atoms. The minimum Gasteiger partial charge on any atom is -0.399 e. The molecule has 0 aromatic heterocycles. The van der Waals surface area contributed by atoms with Crippen LogP contribution in [0.5, 0.6) is 0 Å². The maximum atomic E-state index is 11.5. The number of nitrogen functional groups attached to an aromatic ring is 1. The maximum Gasteiger partial charge on any atom is 0.240 e. The van der Waals surface area contributed by atoms with Crippen LogP contribution in [-0.2, 0) is 10.0 Å². The van der Waals surface area contributed by atoms with Gasteiger partial charge in [-0.15, -0.1) is 0 Å². The van der Waals surface area contributed by atoms with E-state index in [1.807, 2.05) is 0 Å². The summed E-state index contributed by atoms with van der Waals surface area (Å²) in [7, 11) is -3.75. The average molecular weight is 283 g/mol. The van der Waals surface area contributed by atoms with Crippen molar-refractivity contribution in [3.05, 3.63) is 18.2 Å². The molecular weight excluding hydrogens is 262 g/mol. The summed E-state index contributed by atoms with van der Waals surface area (Å²) in [5.41, 5.74) is 6.54. The summed E-state index contributed by atoms with van der Waals surface area (Å²) in [5, 5.41) is 8.40. The molecule has 1 saturated carbocycles. The van der Waals surface area contributed by atoms with Crippen molar-refractivity contribution in [1.29, 1.82) is 0 Å². The summed E-state index contributed by atoms with van der Waals surface area (Å²) in [4.78, 5) is 0.0681. The largest absolute Gasteiger partial charge is 0.399 e. The number of primary sulfonamides is 1. The number of nitrogens with one attached hydrogen (secondary N) is 1. The van der Waals surface area contributed by atoms with E-state index >= 15 is 0 Å². The van der Waals surface area contributed by atoms with Gasteiger partial charge < -0.3 is 11.1 Å². The Morgan fingerprint density at radius 2 is 2.11 bits per heavy atom. The van der Waals surface area contributed by atoms with Crippen LogP contribution in [0.3, 0.4) is 0 Å². The lowest BCUT2D eigenvalue weighted by molar-refractivity contribution is 0.536. The van der Waals surface area contributed by atoms with Gasteiger partial charge in [0.2, 0.25) is 10.0 Å². The zero-order valence-corrected chi connectivity index (χ0v) is 11.9. The Labute approximate surface area is 114 Å². The third kappa shape index (κ3) is 3.61. The van der Waals surface area contributed by atoms with Crippen molar-refractivity contribution in [3.8, 4) is 0 Å². The molecular formula is C13H21N3O2S. The summed E-state index contributed by atoms with van der Waals surface area (Å²) in [6.07, 6.45) is 3.62. The second-order valence-electron chi connectivity index (χ2n) is 5.47. The number of hydrogen-bond acceptors (Lipinski definition) is 4. The summed E-state index contributed by atoms with van der Waals surface area (Å²) in [5.74, 6) is 1.36. The van der Waals surface area contributed by atoms with E-state index in [0.29, 0.717) is 17.3 Å². The molecule has 0 heterocycles. The predicted octanol–water partition coefficient (Wildman–Crippen LogP) is 1.76. The molecule has 5 N–H and O–H groups in total. The third-order valence-corrected chi connectivity index (χ3v) is 4.65. The zero-order chi connectivity index (χ0) is 14.0. The Balaban J connectivity index is 2.12. The molecule has 0 bridgehead atoms. The van der Waals surface area contributed by atoms with Crippen LogP contribution in [0, 0.1) is 11.8 Å². The smallest absolute Gasteiger partial charge is 0.240 e. The van der Waals surface area contributed by atoms with Crippen molar-refractivity contribution >= 4 is 21.4 Å². The molecule has 19 heavy (non-hydrogen) atoms. The van der Waals surface area contributed by atoms with E-state index in [1.165, 1.54) is 25.3 Å². The molecule has 1 aliphatic carbocycles. The molecule has 1 fully saturated rings. The van der Waals surface area contributed by atoms with Crippen LogP contribution in [0.15, 0.2) is 23.1 Å². The molecule has 1 aromatic rings. The van der Waals surface area contributed by atoms with Gasteiger partial charge in [-0.3, -0.25) is 0 Å². The Bertz CT molecular complexity index is 557. The Kier molecular flexibility index (Phi) is 4.01. The van der Waals surface area contributed by atoms with Gasteiger partial charge in [0, 0.05) is 12.2 Å². The first-order valence-corrected chi connectivity index (χ1v) is 8.07. The highest BCUT2D eigenvalue weighted by Crippen LogP contribution is 2.31. The first kappa shape index (κ1) is 14.1. The van der Waals surface area contributed by atoms with Gasteiger partial charge in [0.25, 0.3) is 0 Å². The number of nitrogens with two attached hydrogens (primary N) is 2. The summed E-state index contributed by atoms with van der Waals surface area (Å²) < 4.78 is 23.1. The third-order valence-electron chi connectivity index (χ3n) is 3.70. The van der Waals surface area contributed by atoms with Crippen LogP contribution < -0.4 is 16.2 Å². The van der Waals surface area contributed by atoms with Gasteiger partial charge in [-0.2, -0.15) is 0 Å². The number of sulfonamides is 1. The fourth-order valence-electron chi connectivity index (χ4n) is 2.69. The monoisotopic (exact) mass is 283 g/mol. The van der Waals surface area contributed by atoms with Gasteiger partial charge in [0.1, 0.15) is 4.90 Å². The lowest BCUT2D eigenvalue weighted by Gasteiger charge is -2.15. The summed E-state index contributed by atoms with van der Waals surface area (Å²) in [6, 6.07) is 4.75. The average Bonchev–Trinajstić information content (AvgIpc) is 2.72. The van der Waals surface area contributed by atoms with E-state index in [9.17, 15) is 8.42 Å². The van der Waals surface area contributed by atoms with Crippen molar-refractivity contribution in [2.24, 2.45) is 17.0 Å². The molecule has 2 atom stereocenters. The molecule has 0 radical (unpaired) electrons. The van der Waals surface area contributed by atoms with Crippen LogP contribution in [0.2, 0.25) is 0 Å². The van der Waals surface area contributed by atoms with Crippen LogP contribution in [0.25, 0.3) is 0 Å². The first-order chi connectivity index (χ1) is 8.86. The summed E-state index contributed by atoms with van der Waals surface area (Å²) in [6.45, 7) is 3.02. The fraction of sp³-hybridized carbons (Fsp3) is 0.538. The number of anilines is 2. The second kappa shape index (κ2) is 5.38. The molecule has 1 aliphatic rings. The van der Waals surface area contributed by atoms with Crippen molar-refractivity contribution in [3.63, 3.8) is 0 Å². The van der Waals surface area contributed by atoms with Gasteiger partial charge >= 0.3 is 0 Å². The normalized spacial score (nSPS) is 23.5. The lowest BCUT2D eigenvalue weighted by atomic mass is 10.1. The quantitative estimate of drug-likeness (QED) is 0.733. The molecule has 106 valence electrons. The van der Waals surface area contributed by atoms with E-state index in [1.54, 1.807) is 12.1 Å². The van der Waals surface area contributed by atoms with Crippen molar-refractivity contribution in [1.82, 2.24) is 0 Å². The highest BCUT2D eigenvalue weighted by atomic mass is 32.2. The number of hydrogen-bond donors (Lipinski definition) is 3. The van der Waals surface area contributed by atoms with Crippen molar-refractivity contribution in [2.45, 2.75) is 31.1 Å². The van der Waals surface area contributed by atoms with Crippen molar-refractivity contribution < 1.29 is 8.42 Å². The van der Waals surface area contributed by atoms with Crippen LogP contribution in [0.4, 0.5) is 11.4 Å². The first-order valence-electron chi connectivity index (χ1n) is 6.52. The molecule has 2 rings (SSSR count). The standard InChI is InChI=1S/C13H21N3O2S/c1-9-2-3-10(6-9)8-16-12-5-4-11(14)7-13(12)19(15,17)18/h4-5,7,9-10,16H,2-3,6,8,14H2,1H3,(H2,15,17,18). The Hall–Kier alpha value is -1.27. The molecule has 2 unspecified atom stereocenters. The Morgan fingerprint density at radius 1 is 1.37 bits per heavy atom. The molecule has 0 saturated heterocycles. The van der Waals surface area contributed by atoms with E-state index < -0.39 is 10.0 Å². The number of benzene rings is 1. The number of rotatable bonds is 4. The summed E-state index contributed by atoms with van der Waals surface area (Å²) >= 11 is 0. The maximum absolute atomic E-state index is 11.5. The molecule has 5 nitrogen and oxygen atoms in total. The van der Waals surface area contributed by atoms with Crippen LogP contribution in [-0.4, -0.2) is 15.0 Å². The molecule has 0 amide bonds. The van der Waals surface area contributed by atoms with Crippen LogP contribution >= 0.6 is 0 Å². The highest BCUT2D eigenvalue weighted by molar-refractivity contribution is 7.89. The minimum absolute atomic E-state index is 0.0681. The molecule has 1 aromatic carbocycles. The predicted molar refractivity (Wildman–Crippen MR) is 77.2 cm³/mol. The van der Waals surface area contributed by atoms with Gasteiger partial charge in [0.15, 0.2) is 0 Å². The van der Waals surface area contributed by atoms with Crippen LogP contribution in [0.1, 0.15) is 26.2 Å². The van der Waals surface area contributed by atoms with Gasteiger partial charge in [-0.1, -0.05) is 13.3 Å². The minimum atomic E-state index is -3.75. The second-order valence-corrected chi connectivity index (χ2v) is 7.00. The van der Waals surface area contributed by atoms with Gasteiger partial charge in [-0.05, 0) is 42.9 Å².